The lowest BCUT2D eigenvalue weighted by molar-refractivity contribution is 0.174. The number of fused-ring (bicyclic) bond motifs is 2. The molecule has 0 amide bonds. The Bertz CT molecular complexity index is 688. The van der Waals surface area contributed by atoms with Crippen LogP contribution in [0.1, 0.15) is 31.0 Å². The van der Waals surface area contributed by atoms with E-state index in [1.54, 1.807) is 12.1 Å². The van der Waals surface area contributed by atoms with Gasteiger partial charge in [0.15, 0.2) is 11.5 Å². The van der Waals surface area contributed by atoms with Crippen LogP contribution in [0.15, 0.2) is 16.9 Å². The average molecular weight is 244 g/mol. The highest BCUT2D eigenvalue weighted by atomic mass is 16.7. The topological polar surface area (TPSA) is 64.2 Å². The number of hydrogen-bond donors (Lipinski definition) is 1. The summed E-state index contributed by atoms with van der Waals surface area (Å²) in [6, 6.07) is 3.49. The van der Waals surface area contributed by atoms with Crippen LogP contribution in [0.2, 0.25) is 0 Å². The van der Waals surface area contributed by atoms with E-state index in [-0.39, 0.29) is 12.4 Å². The first-order chi connectivity index (χ1) is 8.81. The molecule has 2 aromatic rings. The third-order valence-corrected chi connectivity index (χ3v) is 3.71. The second-order valence-corrected chi connectivity index (χ2v) is 4.80. The van der Waals surface area contributed by atoms with Gasteiger partial charge in [0.1, 0.15) is 5.82 Å². The molecule has 2 heterocycles. The molecule has 0 saturated heterocycles. The van der Waals surface area contributed by atoms with Crippen molar-refractivity contribution in [2.75, 3.05) is 6.79 Å². The minimum absolute atomic E-state index is 0.0970. The molecule has 0 radical (unpaired) electrons. The number of aromatic nitrogens is 2. The zero-order valence-corrected chi connectivity index (χ0v) is 9.73. The molecule has 1 aliphatic carbocycles. The summed E-state index contributed by atoms with van der Waals surface area (Å²) in [6.45, 7) is 0.207. The van der Waals surface area contributed by atoms with Crippen molar-refractivity contribution < 1.29 is 9.47 Å². The average Bonchev–Trinajstić information content (AvgIpc) is 2.71. The number of rotatable bonds is 1. The predicted molar refractivity (Wildman–Crippen MR) is 65.1 cm³/mol. The lowest BCUT2D eigenvalue weighted by Crippen LogP contribution is -2.18. The van der Waals surface area contributed by atoms with Crippen molar-refractivity contribution in [1.82, 2.24) is 9.97 Å². The SMILES string of the molecule is O=c1[nH]c(C2CCC2)nc2cc3c(cc12)OCO3. The zero-order chi connectivity index (χ0) is 12.1. The highest BCUT2D eigenvalue weighted by molar-refractivity contribution is 5.82. The van der Waals surface area contributed by atoms with Gasteiger partial charge in [0.05, 0.1) is 10.9 Å². The molecule has 1 N–H and O–H groups in total. The first-order valence-corrected chi connectivity index (χ1v) is 6.15. The Balaban J connectivity index is 1.95. The molecule has 1 aromatic heterocycles. The summed E-state index contributed by atoms with van der Waals surface area (Å²) >= 11 is 0. The number of ether oxygens (including phenoxy) is 2. The van der Waals surface area contributed by atoms with Crippen molar-refractivity contribution in [3.8, 4) is 11.5 Å². The van der Waals surface area contributed by atoms with E-state index in [1.807, 2.05) is 0 Å². The largest absolute Gasteiger partial charge is 0.454 e. The zero-order valence-electron chi connectivity index (χ0n) is 9.73. The van der Waals surface area contributed by atoms with Crippen LogP contribution >= 0.6 is 0 Å². The second kappa shape index (κ2) is 3.48. The number of nitrogens with one attached hydrogen (secondary N) is 1. The van der Waals surface area contributed by atoms with Gasteiger partial charge in [0.2, 0.25) is 6.79 Å². The number of nitrogens with zero attached hydrogens (tertiary/aromatic N) is 1. The van der Waals surface area contributed by atoms with Crippen LogP contribution in [-0.2, 0) is 0 Å². The molecule has 4 rings (SSSR count). The summed E-state index contributed by atoms with van der Waals surface area (Å²) in [6.07, 6.45) is 3.44. The molecule has 1 aromatic carbocycles. The van der Waals surface area contributed by atoms with Crippen molar-refractivity contribution in [2.45, 2.75) is 25.2 Å². The Labute approximate surface area is 103 Å². The smallest absolute Gasteiger partial charge is 0.258 e. The Morgan fingerprint density at radius 3 is 2.72 bits per heavy atom. The Morgan fingerprint density at radius 2 is 2.00 bits per heavy atom. The second-order valence-electron chi connectivity index (χ2n) is 4.80. The Hall–Kier alpha value is -2.04. The van der Waals surface area contributed by atoms with Crippen LogP contribution in [0.5, 0.6) is 11.5 Å². The van der Waals surface area contributed by atoms with E-state index in [1.165, 1.54) is 6.42 Å². The minimum Gasteiger partial charge on any atom is -0.454 e. The molecule has 0 unspecified atom stereocenters. The molecular weight excluding hydrogens is 232 g/mol. The van der Waals surface area contributed by atoms with Gasteiger partial charge in [-0.25, -0.2) is 4.98 Å². The summed E-state index contributed by atoms with van der Waals surface area (Å²) in [5, 5.41) is 0.558. The molecule has 1 aliphatic heterocycles. The molecular formula is C13H12N2O3. The third kappa shape index (κ3) is 1.33. The van der Waals surface area contributed by atoms with Gasteiger partial charge in [-0.2, -0.15) is 0 Å². The van der Waals surface area contributed by atoms with Crippen molar-refractivity contribution in [2.24, 2.45) is 0 Å². The van der Waals surface area contributed by atoms with Gasteiger partial charge in [-0.1, -0.05) is 6.42 Å². The maximum atomic E-state index is 12.1. The fourth-order valence-electron chi connectivity index (χ4n) is 2.42. The quantitative estimate of drug-likeness (QED) is 0.832. The molecule has 0 bridgehead atoms. The molecule has 0 atom stereocenters. The molecule has 92 valence electrons. The van der Waals surface area contributed by atoms with Crippen molar-refractivity contribution >= 4 is 10.9 Å². The lowest BCUT2D eigenvalue weighted by Gasteiger charge is -2.24. The number of benzene rings is 1. The molecule has 2 aliphatic rings. The summed E-state index contributed by atoms with van der Waals surface area (Å²) in [7, 11) is 0. The highest BCUT2D eigenvalue weighted by Crippen LogP contribution is 2.37. The fourth-order valence-corrected chi connectivity index (χ4v) is 2.42. The highest BCUT2D eigenvalue weighted by Gasteiger charge is 2.23. The van der Waals surface area contributed by atoms with E-state index < -0.39 is 0 Å². The van der Waals surface area contributed by atoms with Gasteiger partial charge >= 0.3 is 0 Å². The van der Waals surface area contributed by atoms with E-state index in [2.05, 4.69) is 9.97 Å². The van der Waals surface area contributed by atoms with Gasteiger partial charge in [0, 0.05) is 12.0 Å². The number of H-pyrrole nitrogens is 1. The van der Waals surface area contributed by atoms with Crippen LogP contribution in [0, 0.1) is 0 Å². The van der Waals surface area contributed by atoms with Crippen molar-refractivity contribution in [3.05, 3.63) is 28.3 Å². The van der Waals surface area contributed by atoms with E-state index in [0.717, 1.165) is 18.7 Å². The van der Waals surface area contributed by atoms with Crippen LogP contribution in [0.3, 0.4) is 0 Å². The summed E-state index contributed by atoms with van der Waals surface area (Å²) in [5.74, 6) is 2.50. The maximum Gasteiger partial charge on any atom is 0.258 e. The number of aromatic amines is 1. The molecule has 5 heteroatoms. The van der Waals surface area contributed by atoms with E-state index in [4.69, 9.17) is 9.47 Å². The molecule has 5 nitrogen and oxygen atoms in total. The van der Waals surface area contributed by atoms with Gasteiger partial charge in [-0.05, 0) is 18.9 Å². The molecule has 18 heavy (non-hydrogen) atoms. The number of hydrogen-bond acceptors (Lipinski definition) is 4. The monoisotopic (exact) mass is 244 g/mol. The van der Waals surface area contributed by atoms with Crippen LogP contribution in [0.25, 0.3) is 10.9 Å². The van der Waals surface area contributed by atoms with Crippen LogP contribution in [-0.4, -0.2) is 16.8 Å². The predicted octanol–water partition coefficient (Wildman–Crippen LogP) is 1.92. The van der Waals surface area contributed by atoms with Gasteiger partial charge in [0.25, 0.3) is 5.56 Å². The first kappa shape index (κ1) is 9.94. The molecule has 0 spiro atoms. The summed E-state index contributed by atoms with van der Waals surface area (Å²) in [4.78, 5) is 19.5. The van der Waals surface area contributed by atoms with Crippen molar-refractivity contribution in [1.29, 1.82) is 0 Å². The summed E-state index contributed by atoms with van der Waals surface area (Å²) in [5.41, 5.74) is 0.588. The third-order valence-electron chi connectivity index (χ3n) is 3.71. The van der Waals surface area contributed by atoms with Crippen LogP contribution in [0.4, 0.5) is 0 Å². The fraction of sp³-hybridized carbons (Fsp3) is 0.385. The van der Waals surface area contributed by atoms with E-state index >= 15 is 0 Å². The van der Waals surface area contributed by atoms with Crippen LogP contribution < -0.4 is 15.0 Å². The minimum atomic E-state index is -0.0970. The Kier molecular flexibility index (Phi) is 1.92. The standard InChI is InChI=1S/C13H12N2O3/c16-13-8-4-10-11(18-6-17-10)5-9(8)14-12(15-13)7-2-1-3-7/h4-5,7H,1-3,6H2,(H,14,15,16). The summed E-state index contributed by atoms with van der Waals surface area (Å²) < 4.78 is 10.6. The maximum absolute atomic E-state index is 12.1. The molecule has 1 saturated carbocycles. The van der Waals surface area contributed by atoms with Gasteiger partial charge < -0.3 is 14.5 Å². The Morgan fingerprint density at radius 1 is 1.22 bits per heavy atom. The van der Waals surface area contributed by atoms with E-state index in [0.29, 0.717) is 28.3 Å². The molecule has 1 fully saturated rings. The van der Waals surface area contributed by atoms with Gasteiger partial charge in [-0.15, -0.1) is 0 Å². The normalized spacial score (nSPS) is 18.0. The first-order valence-electron chi connectivity index (χ1n) is 6.15. The van der Waals surface area contributed by atoms with Crippen molar-refractivity contribution in [3.63, 3.8) is 0 Å². The lowest BCUT2D eigenvalue weighted by atomic mass is 9.85. The van der Waals surface area contributed by atoms with E-state index in [9.17, 15) is 4.79 Å². The van der Waals surface area contributed by atoms with Gasteiger partial charge in [-0.3, -0.25) is 4.79 Å².